The molecule has 42 heteroatoms. The maximum Gasteiger partial charge on any atom is 0.330 e. The maximum atomic E-state index is 14.3. The van der Waals surface area contributed by atoms with Crippen LogP contribution in [0.2, 0.25) is 0 Å². The van der Waals surface area contributed by atoms with Gasteiger partial charge in [0, 0.05) is 73.8 Å². The van der Waals surface area contributed by atoms with Crippen molar-refractivity contribution in [2.45, 2.75) is 88.4 Å². The molecule has 556 valence electrons. The summed E-state index contributed by atoms with van der Waals surface area (Å²) in [5.74, 6) is 10.1. The highest BCUT2D eigenvalue weighted by Crippen LogP contribution is 2.52. The minimum Gasteiger partial charge on any atom is -0.390 e. The number of carbonyl (C=O) groups excluding carboxylic acids is 5. The van der Waals surface area contributed by atoms with E-state index in [9.17, 15) is 92.5 Å². The number of aromatic nitrogens is 7. The van der Waals surface area contributed by atoms with Crippen LogP contribution in [0.3, 0.4) is 0 Å². The Bertz CT molecular complexity index is 4980. The molecule has 0 bridgehead atoms. The number of nitro benzene ring substituents is 2. The van der Waals surface area contributed by atoms with Crippen LogP contribution in [-0.2, 0) is 51.5 Å². The van der Waals surface area contributed by atoms with Gasteiger partial charge in [0.05, 0.1) is 108 Å². The first-order valence-corrected chi connectivity index (χ1v) is 35.2. The predicted molar refractivity (Wildman–Crippen MR) is 363 cm³/mol. The molecule has 40 nitrogen and oxygen atoms in total. The summed E-state index contributed by atoms with van der Waals surface area (Å²) in [4.78, 5) is 171. The standard InChI is InChI=1S/C63H69N15O25P2/c1-32(79)41-12-8-34(15-44(41)77(90)91)6-10-36-23-74(57-55(36)56(66)70-31-71-57)54-19-46(81)50(103-54)28-100-105(96,97)30-40-18-53(76-25-38(59(85)73-63(76)89)11-7-35-9-13-42(33(2)80)45(16-35)78(92)93)102-49(40)27-99-104(94,95)29-39-17-52(101-48(39)26-98-3)75-24-37(58(84)72-62(75)88)5-4-14-67-51(83)22-69-61(87)47(82)21-68-60(86)43(65)20-64/h8-9,12-13,15-16,23-25,31,39-40,43,46-50,52-54,81-82H,14,17-22,26-30,64-65H2,1-3H3,(H,67,83)(H,68,86)(H,69,87)(H,94,95)(H,96,97)(H2,66,70,71)(H,72,84,88)(H,73,85,89)/t39-,40-,43?,46+,47?,48-,49-,50-,52-,53-,54-/m1/s1. The van der Waals surface area contributed by atoms with Crippen molar-refractivity contribution in [2.24, 2.45) is 23.3 Å². The van der Waals surface area contributed by atoms with Crippen LogP contribution in [0.4, 0.5) is 17.2 Å². The van der Waals surface area contributed by atoms with Gasteiger partial charge < -0.3 is 85.7 Å². The van der Waals surface area contributed by atoms with Crippen LogP contribution in [0.25, 0.3) is 11.0 Å². The number of Topliss-reactive ketones (excluding diaryl/α,β-unsaturated/α-hetero) is 2. The molecule has 105 heavy (non-hydrogen) atoms. The fourth-order valence-corrected chi connectivity index (χ4v) is 14.4. The number of anilines is 1. The van der Waals surface area contributed by atoms with Crippen molar-refractivity contribution in [3.8, 4) is 35.5 Å². The molecule has 0 saturated carbocycles. The van der Waals surface area contributed by atoms with E-state index in [1.54, 1.807) is 0 Å². The van der Waals surface area contributed by atoms with Gasteiger partial charge in [-0.25, -0.2) is 19.6 Å². The topological polar surface area (TPSA) is 597 Å². The highest BCUT2D eigenvalue weighted by molar-refractivity contribution is 7.53. The number of hydrogen-bond donors (Lipinski definition) is 12. The molecule has 0 aliphatic carbocycles. The Labute approximate surface area is 591 Å². The van der Waals surface area contributed by atoms with Gasteiger partial charge in [-0.1, -0.05) is 35.5 Å². The van der Waals surface area contributed by atoms with Crippen molar-refractivity contribution < 1.29 is 90.9 Å². The van der Waals surface area contributed by atoms with Gasteiger partial charge in [-0.05, 0) is 51.0 Å². The number of fused-ring (bicyclic) bond motifs is 1. The van der Waals surface area contributed by atoms with Crippen molar-refractivity contribution in [3.63, 3.8) is 0 Å². The fourth-order valence-electron chi connectivity index (χ4n) is 11.5. The number of H-pyrrole nitrogens is 2. The highest BCUT2D eigenvalue weighted by Gasteiger charge is 2.46. The van der Waals surface area contributed by atoms with E-state index in [0.717, 1.165) is 46.9 Å². The number of aromatic amines is 2. The number of ketones is 2. The van der Waals surface area contributed by atoms with Gasteiger partial charge in [0.25, 0.3) is 28.4 Å². The number of hydrogen-bond acceptors (Lipinski definition) is 28. The Hall–Kier alpha value is -10.6. The molecule has 4 unspecified atom stereocenters. The molecular weight excluding hydrogens is 1430 g/mol. The highest BCUT2D eigenvalue weighted by atomic mass is 31.2. The number of benzene rings is 2. The van der Waals surface area contributed by atoms with Crippen LogP contribution in [0.5, 0.6) is 0 Å². The Morgan fingerprint density at radius 2 is 1.20 bits per heavy atom. The molecule has 4 aromatic heterocycles. The average molecular weight is 1500 g/mol. The van der Waals surface area contributed by atoms with E-state index in [4.69, 9.17) is 45.2 Å². The zero-order valence-electron chi connectivity index (χ0n) is 55.7. The van der Waals surface area contributed by atoms with Crippen LogP contribution < -0.4 is 55.6 Å². The quantitative estimate of drug-likeness (QED) is 0.00871. The molecule has 3 saturated heterocycles. The summed E-state index contributed by atoms with van der Waals surface area (Å²) < 4.78 is 67.1. The van der Waals surface area contributed by atoms with E-state index in [1.165, 1.54) is 49.1 Å². The second-order valence-electron chi connectivity index (χ2n) is 24.2. The Kier molecular flexibility index (Phi) is 25.4. The molecule has 9 rings (SSSR count). The number of aliphatic hydroxyl groups is 2. The first-order chi connectivity index (χ1) is 49.7. The van der Waals surface area contributed by atoms with Gasteiger partial charge in [0.2, 0.25) is 11.8 Å². The van der Waals surface area contributed by atoms with Crippen LogP contribution in [0.15, 0.2) is 80.5 Å². The lowest BCUT2D eigenvalue weighted by atomic mass is 10.0. The van der Waals surface area contributed by atoms with Crippen molar-refractivity contribution in [1.29, 1.82) is 0 Å². The summed E-state index contributed by atoms with van der Waals surface area (Å²) in [6, 6.07) is 6.23. The number of aliphatic hydroxyl groups excluding tert-OH is 2. The van der Waals surface area contributed by atoms with Crippen LogP contribution in [0.1, 0.15) is 100 Å². The van der Waals surface area contributed by atoms with Crippen LogP contribution in [-0.4, -0.2) is 195 Å². The normalized spacial score (nSPS) is 21.4. The molecular formula is C63H69N15O25P2. The van der Waals surface area contributed by atoms with Gasteiger partial charge in [-0.3, -0.25) is 82.0 Å². The molecule has 6 aromatic rings. The minimum absolute atomic E-state index is 0.00564. The minimum atomic E-state index is -4.90. The second-order valence-corrected chi connectivity index (χ2v) is 28.0. The van der Waals surface area contributed by atoms with E-state index in [-0.39, 0.29) is 94.8 Å². The third kappa shape index (κ3) is 19.6. The van der Waals surface area contributed by atoms with E-state index < -0.39 is 194 Å². The number of nitrogens with one attached hydrogen (secondary N) is 5. The molecule has 3 aliphatic rings. The van der Waals surface area contributed by atoms with Gasteiger partial charge in [-0.15, -0.1) is 0 Å². The van der Waals surface area contributed by atoms with Gasteiger partial charge >= 0.3 is 26.6 Å². The maximum absolute atomic E-state index is 14.3. The number of rotatable bonds is 27. The first kappa shape index (κ1) is 78.6. The molecule has 0 spiro atoms. The van der Waals surface area contributed by atoms with Crippen molar-refractivity contribution in [2.75, 3.05) is 71.2 Å². The van der Waals surface area contributed by atoms with E-state index in [2.05, 4.69) is 71.4 Å². The number of carbonyl (C=O) groups is 5. The zero-order valence-corrected chi connectivity index (χ0v) is 57.5. The zero-order chi connectivity index (χ0) is 76.4. The fraction of sp³-hybridized carbons (Fsp3) is 0.413. The lowest BCUT2D eigenvalue weighted by Crippen LogP contribution is -2.50. The Balaban J connectivity index is 0.898. The van der Waals surface area contributed by atoms with E-state index in [0.29, 0.717) is 0 Å². The number of ether oxygens (including phenoxy) is 4. The van der Waals surface area contributed by atoms with Gasteiger partial charge in [0.15, 0.2) is 11.6 Å². The lowest BCUT2D eigenvalue weighted by Gasteiger charge is -2.24. The molecule has 2 aromatic carbocycles. The smallest absolute Gasteiger partial charge is 0.330 e. The van der Waals surface area contributed by atoms with E-state index >= 15 is 0 Å². The molecule has 13 atom stereocenters. The molecule has 3 amide bonds. The number of amides is 3. The number of nitrogen functional groups attached to an aromatic ring is 1. The van der Waals surface area contributed by atoms with E-state index in [1.807, 2.05) is 0 Å². The first-order valence-electron chi connectivity index (χ1n) is 31.7. The number of nitrogens with zero attached hydrogens (tertiary/aromatic N) is 7. The Morgan fingerprint density at radius 3 is 1.72 bits per heavy atom. The second kappa shape index (κ2) is 33.9. The lowest BCUT2D eigenvalue weighted by molar-refractivity contribution is -0.385. The van der Waals surface area contributed by atoms with Crippen LogP contribution in [0, 0.1) is 67.6 Å². The largest absolute Gasteiger partial charge is 0.390 e. The predicted octanol–water partition coefficient (Wildman–Crippen LogP) is -2.01. The molecule has 0 radical (unpaired) electrons. The Morgan fingerprint density at radius 1 is 0.705 bits per heavy atom. The summed E-state index contributed by atoms with van der Waals surface area (Å²) >= 11 is 0. The van der Waals surface area contributed by atoms with Crippen molar-refractivity contribution in [1.82, 2.24) is 49.6 Å². The average Bonchev–Trinajstić information content (AvgIpc) is 1.62. The monoisotopic (exact) mass is 1500 g/mol. The molecule has 3 fully saturated rings. The summed E-state index contributed by atoms with van der Waals surface area (Å²) in [7, 11) is -8.45. The molecule has 15 N–H and O–H groups in total. The molecule has 7 heterocycles. The number of nitro groups is 2. The summed E-state index contributed by atoms with van der Waals surface area (Å²) in [5.41, 5.74) is 11.6. The molecule has 3 aliphatic heterocycles. The SMILES string of the molecule is COC[C@H]1O[C@@H](n2cc(C#CCNC(=O)CNC(=O)C(O)CNC(=O)C(N)CN)c(=O)[nH]c2=O)C[C@@H]1CP(=O)(O)OC[C@H]1O[C@@H](n2cc(C#Cc3ccc(C(C)=O)c([N+](=O)[O-])c3)c(=O)[nH]c2=O)C[C@@H]1CP(=O)(O)OC[C@H]1O[C@@H](n2cc(C#Cc3ccc(C(C)=O)c([N+](=O)[O-])c3)c3c(N)ncnc32)C[C@@H]1O. The third-order valence-electron chi connectivity index (χ3n) is 16.8. The van der Waals surface area contributed by atoms with Gasteiger partial charge in [-0.2, -0.15) is 0 Å². The summed E-state index contributed by atoms with van der Waals surface area (Å²) in [5, 5.41) is 52.0. The van der Waals surface area contributed by atoms with Crippen LogP contribution >= 0.6 is 15.2 Å². The van der Waals surface area contributed by atoms with Gasteiger partial charge in [0.1, 0.15) is 59.8 Å². The summed E-state index contributed by atoms with van der Waals surface area (Å²) in [6.07, 6.45) is -8.09. The number of nitrogens with two attached hydrogens (primary N) is 3. The van der Waals surface area contributed by atoms with Crippen molar-refractivity contribution >= 4 is 72.7 Å². The van der Waals surface area contributed by atoms with Crippen molar-refractivity contribution in [3.05, 3.63) is 162 Å². The third-order valence-corrected chi connectivity index (χ3v) is 19.8. The number of methoxy groups -OCH3 is 1. The summed E-state index contributed by atoms with van der Waals surface area (Å²) in [6.45, 7) is -1.17.